The Bertz CT molecular complexity index is 2600. The van der Waals surface area contributed by atoms with Gasteiger partial charge in [0.2, 0.25) is 0 Å². The fourth-order valence-electron chi connectivity index (χ4n) is 7.67. The van der Waals surface area contributed by atoms with Gasteiger partial charge in [-0.25, -0.2) is 0 Å². The summed E-state index contributed by atoms with van der Waals surface area (Å²) in [6.45, 7) is -1.45. The lowest BCUT2D eigenvalue weighted by Crippen LogP contribution is -2.44. The lowest BCUT2D eigenvalue weighted by Gasteiger charge is -2.31. The minimum Gasteiger partial charge on any atom is -0.459 e. The smallest absolute Gasteiger partial charge is 0.326 e. The molecule has 0 fully saturated rings. The molecule has 0 bridgehead atoms. The summed E-state index contributed by atoms with van der Waals surface area (Å²) in [5.74, 6) is -4.75. The molecule has 9 rings (SSSR count). The van der Waals surface area contributed by atoms with E-state index in [1.165, 1.54) is 24.3 Å². The maximum absolute atomic E-state index is 14.0. The summed E-state index contributed by atoms with van der Waals surface area (Å²) >= 11 is 28.1. The molecule has 56 heavy (non-hydrogen) atoms. The Kier molecular flexibility index (Phi) is 8.63. The number of benzene rings is 7. The lowest BCUT2D eigenvalue weighted by molar-refractivity contribution is -0.146. The van der Waals surface area contributed by atoms with E-state index in [4.69, 9.17) is 55.9 Å². The molecule has 0 aliphatic carbocycles. The van der Waals surface area contributed by atoms with Gasteiger partial charge in [-0.1, -0.05) is 107 Å². The number of imide groups is 2. The Hall–Kier alpha value is -5.78. The average Bonchev–Trinajstić information content (AvgIpc) is 3.19. The normalized spacial score (nSPS) is 13.9. The SMILES string of the molecule is O=C(CN1C(=O)c2cc(Cl)c3c4c(Cl)cc5c6c(cc(Cl)c(c7c(Cl)cc(c2c37)C1=O)c64)C(=O)N(CC(=O)OCc1ccccc1)C5=O)OCc1ccccc1. The molecule has 7 aromatic carbocycles. The van der Waals surface area contributed by atoms with Crippen molar-refractivity contribution in [3.63, 3.8) is 0 Å². The summed E-state index contributed by atoms with van der Waals surface area (Å²) in [5.41, 5.74) is 1.56. The van der Waals surface area contributed by atoms with E-state index < -0.39 is 48.7 Å². The predicted octanol–water partition coefficient (Wildman–Crippen LogP) is 9.03. The van der Waals surface area contributed by atoms with Crippen LogP contribution in [0.25, 0.3) is 43.1 Å². The van der Waals surface area contributed by atoms with E-state index in [0.29, 0.717) is 32.3 Å². The molecule has 0 atom stereocenters. The van der Waals surface area contributed by atoms with Gasteiger partial charge in [0, 0.05) is 63.2 Å². The van der Waals surface area contributed by atoms with Crippen molar-refractivity contribution < 1.29 is 38.2 Å². The number of carbonyl (C=O) groups excluding carboxylic acids is 6. The zero-order valence-electron chi connectivity index (χ0n) is 28.6. The standard InChI is InChI=1S/C42H22Cl4N2O8/c43-25-11-21-31-22(40(52)47(39(21)51)15-29(49)55-17-19-7-3-1-4-8-19)12-26(44)34-36-28(46)14-24-32-23(13-27(45)35(38(32)36)33(25)37(31)34)41(53)48(42(24)54)16-30(50)56-18-20-9-5-2-6-10-20/h1-14H,15-18H2. The number of hydrogen-bond acceptors (Lipinski definition) is 8. The topological polar surface area (TPSA) is 127 Å². The van der Waals surface area contributed by atoms with Gasteiger partial charge in [-0.15, -0.1) is 0 Å². The van der Waals surface area contributed by atoms with E-state index in [9.17, 15) is 28.8 Å². The molecule has 0 unspecified atom stereocenters. The molecule has 0 spiro atoms. The van der Waals surface area contributed by atoms with Crippen LogP contribution in [-0.2, 0) is 32.3 Å². The molecular formula is C42H22Cl4N2O8. The van der Waals surface area contributed by atoms with Gasteiger partial charge >= 0.3 is 11.9 Å². The van der Waals surface area contributed by atoms with Gasteiger partial charge in [0.15, 0.2) is 0 Å². The van der Waals surface area contributed by atoms with Gasteiger partial charge in [0.05, 0.1) is 22.3 Å². The van der Waals surface area contributed by atoms with Crippen LogP contribution in [0.5, 0.6) is 0 Å². The largest absolute Gasteiger partial charge is 0.459 e. The van der Waals surface area contributed by atoms with Crippen LogP contribution in [-0.4, -0.2) is 58.5 Å². The van der Waals surface area contributed by atoms with Gasteiger partial charge in [-0.3, -0.25) is 38.6 Å². The first kappa shape index (κ1) is 35.9. The second kappa shape index (κ2) is 13.5. The van der Waals surface area contributed by atoms with Crippen LogP contribution < -0.4 is 0 Å². The lowest BCUT2D eigenvalue weighted by atomic mass is 9.82. The van der Waals surface area contributed by atoms with Crippen molar-refractivity contribution in [2.24, 2.45) is 0 Å². The van der Waals surface area contributed by atoms with E-state index in [1.54, 1.807) is 48.5 Å². The van der Waals surface area contributed by atoms with E-state index in [0.717, 1.165) is 20.9 Å². The number of rotatable bonds is 8. The summed E-state index contributed by atoms with van der Waals surface area (Å²) in [5, 5.41) is 2.38. The third kappa shape index (κ3) is 5.47. The van der Waals surface area contributed by atoms with E-state index >= 15 is 0 Å². The monoisotopic (exact) mass is 822 g/mol. The van der Waals surface area contributed by atoms with Crippen LogP contribution in [0.2, 0.25) is 20.1 Å². The third-order valence-electron chi connectivity index (χ3n) is 10.1. The molecule has 2 aliphatic heterocycles. The number of carbonyl (C=O) groups is 6. The van der Waals surface area contributed by atoms with Crippen LogP contribution in [0.1, 0.15) is 52.6 Å². The van der Waals surface area contributed by atoms with Crippen molar-refractivity contribution in [3.05, 3.63) is 138 Å². The number of esters is 2. The molecule has 0 N–H and O–H groups in total. The molecule has 4 amide bonds. The van der Waals surface area contributed by atoms with Crippen LogP contribution in [0.4, 0.5) is 0 Å². The number of fused-ring (bicyclic) bond motifs is 2. The fraction of sp³-hybridized carbons (Fsp3) is 0.0952. The maximum atomic E-state index is 14.0. The fourth-order valence-corrected chi connectivity index (χ4v) is 8.86. The quantitative estimate of drug-likeness (QED) is 0.0643. The van der Waals surface area contributed by atoms with Crippen molar-refractivity contribution in [2.75, 3.05) is 13.1 Å². The van der Waals surface area contributed by atoms with Crippen molar-refractivity contribution in [3.8, 4) is 0 Å². The van der Waals surface area contributed by atoms with Crippen molar-refractivity contribution >= 4 is 125 Å². The first-order valence-electron chi connectivity index (χ1n) is 17.0. The molecule has 2 heterocycles. The highest BCUT2D eigenvalue weighted by atomic mass is 35.5. The second-order valence-electron chi connectivity index (χ2n) is 13.3. The van der Waals surface area contributed by atoms with E-state index in [-0.39, 0.29) is 66.3 Å². The van der Waals surface area contributed by atoms with Gasteiger partial charge in [0.25, 0.3) is 23.6 Å². The van der Waals surface area contributed by atoms with Gasteiger partial charge < -0.3 is 9.47 Å². The van der Waals surface area contributed by atoms with Crippen LogP contribution in [0, 0.1) is 0 Å². The molecule has 10 nitrogen and oxygen atoms in total. The van der Waals surface area contributed by atoms with Crippen LogP contribution in [0.3, 0.4) is 0 Å². The molecule has 7 aromatic rings. The third-order valence-corrected chi connectivity index (χ3v) is 11.3. The average molecular weight is 824 g/mol. The summed E-state index contributed by atoms with van der Waals surface area (Å²) in [7, 11) is 0. The summed E-state index contributed by atoms with van der Waals surface area (Å²) < 4.78 is 10.7. The molecule has 276 valence electrons. The number of nitrogens with zero attached hydrogens (tertiary/aromatic N) is 2. The molecular weight excluding hydrogens is 802 g/mol. The van der Waals surface area contributed by atoms with E-state index in [1.807, 2.05) is 12.1 Å². The van der Waals surface area contributed by atoms with Crippen molar-refractivity contribution in [1.82, 2.24) is 9.80 Å². The number of amides is 4. The zero-order valence-corrected chi connectivity index (χ0v) is 31.6. The van der Waals surface area contributed by atoms with Crippen LogP contribution >= 0.6 is 46.4 Å². The Morgan fingerprint density at radius 1 is 0.429 bits per heavy atom. The Labute approximate surface area is 336 Å². The predicted molar refractivity (Wildman–Crippen MR) is 211 cm³/mol. The molecule has 0 saturated carbocycles. The highest BCUT2D eigenvalue weighted by Gasteiger charge is 2.40. The summed E-state index contributed by atoms with van der Waals surface area (Å²) in [6.07, 6.45) is 0. The van der Waals surface area contributed by atoms with Gasteiger partial charge in [-0.05, 0) is 35.4 Å². The van der Waals surface area contributed by atoms with Gasteiger partial charge in [0.1, 0.15) is 26.3 Å². The summed E-state index contributed by atoms with van der Waals surface area (Å²) in [6, 6.07) is 23.4. The number of hydrogen-bond donors (Lipinski definition) is 0. The minimum atomic E-state index is -0.805. The summed E-state index contributed by atoms with van der Waals surface area (Å²) in [4.78, 5) is 83.5. The molecule has 0 aromatic heterocycles. The molecule has 14 heteroatoms. The van der Waals surface area contributed by atoms with Crippen molar-refractivity contribution in [1.29, 1.82) is 0 Å². The first-order chi connectivity index (χ1) is 26.9. The van der Waals surface area contributed by atoms with Crippen LogP contribution in [0.15, 0.2) is 84.9 Å². The molecule has 2 aliphatic rings. The van der Waals surface area contributed by atoms with E-state index in [2.05, 4.69) is 0 Å². The Morgan fingerprint density at radius 2 is 0.714 bits per heavy atom. The van der Waals surface area contributed by atoms with Crippen molar-refractivity contribution in [2.45, 2.75) is 13.2 Å². The number of halogens is 4. The first-order valence-corrected chi connectivity index (χ1v) is 18.5. The Morgan fingerprint density at radius 3 is 1.00 bits per heavy atom. The second-order valence-corrected chi connectivity index (χ2v) is 14.9. The zero-order chi connectivity index (χ0) is 39.2. The van der Waals surface area contributed by atoms with Gasteiger partial charge in [-0.2, -0.15) is 0 Å². The highest BCUT2D eigenvalue weighted by Crippen LogP contribution is 2.53. The molecule has 0 saturated heterocycles. The Balaban J connectivity index is 1.16. The maximum Gasteiger partial charge on any atom is 0.326 e. The number of ether oxygens (including phenoxy) is 2. The minimum absolute atomic E-state index is 0.0265. The molecule has 0 radical (unpaired) electrons. The highest BCUT2D eigenvalue weighted by molar-refractivity contribution is 6.56.